The highest BCUT2D eigenvalue weighted by atomic mass is 16.6. The second-order valence-electron chi connectivity index (χ2n) is 6.75. The van der Waals surface area contributed by atoms with E-state index in [4.69, 9.17) is 19.9 Å². The van der Waals surface area contributed by atoms with Crippen molar-refractivity contribution in [2.24, 2.45) is 0 Å². The zero-order valence-electron chi connectivity index (χ0n) is 14.9. The van der Waals surface area contributed by atoms with E-state index in [0.717, 1.165) is 0 Å². The fraction of sp³-hybridized carbons (Fsp3) is 0.688. The van der Waals surface area contributed by atoms with E-state index in [1.165, 1.54) is 0 Å². The maximum Gasteiger partial charge on any atom is 0.280 e. The van der Waals surface area contributed by atoms with E-state index in [1.54, 1.807) is 10.9 Å². The van der Waals surface area contributed by atoms with Gasteiger partial charge in [0.1, 0.15) is 12.3 Å². The number of aromatic amines is 1. The molecule has 3 N–H and O–H groups in total. The summed E-state index contributed by atoms with van der Waals surface area (Å²) in [5.74, 6) is 0.0481. The van der Waals surface area contributed by atoms with Gasteiger partial charge in [-0.3, -0.25) is 14.3 Å². The van der Waals surface area contributed by atoms with Gasteiger partial charge in [-0.1, -0.05) is 0 Å². The lowest BCUT2D eigenvalue weighted by Crippen LogP contribution is -2.32. The Morgan fingerprint density at radius 1 is 1.40 bits per heavy atom. The molecule has 1 aliphatic heterocycles. The molecule has 3 atom stereocenters. The Hall–Kier alpha value is -1.97. The van der Waals surface area contributed by atoms with Gasteiger partial charge in [-0.15, -0.1) is 0 Å². The quantitative estimate of drug-likeness (QED) is 0.803. The van der Waals surface area contributed by atoms with Gasteiger partial charge in [0.2, 0.25) is 5.95 Å². The molecule has 0 unspecified atom stereocenters. The standard InChI is InChI=1S/C16H25N5O4/c1-8(2)23-6-11-10(24-9(3)4)5-12(25-11)21-7-18-13-14(21)19-16(17)20-15(13)22/h7-12H,5-6H2,1-4H3,(H3,17,19,20,22)/t10-,11+,12-/m0/s1. The zero-order chi connectivity index (χ0) is 18.1. The molecule has 25 heavy (non-hydrogen) atoms. The maximum absolute atomic E-state index is 11.9. The van der Waals surface area contributed by atoms with Crippen LogP contribution in [0.15, 0.2) is 11.1 Å². The lowest BCUT2D eigenvalue weighted by Gasteiger charge is -2.21. The van der Waals surface area contributed by atoms with Crippen molar-refractivity contribution in [1.29, 1.82) is 0 Å². The summed E-state index contributed by atoms with van der Waals surface area (Å²) in [4.78, 5) is 22.7. The van der Waals surface area contributed by atoms with Gasteiger partial charge in [-0.25, -0.2) is 4.98 Å². The summed E-state index contributed by atoms with van der Waals surface area (Å²) in [6.45, 7) is 8.37. The number of hydrogen-bond acceptors (Lipinski definition) is 7. The first-order chi connectivity index (χ1) is 11.8. The van der Waals surface area contributed by atoms with Crippen molar-refractivity contribution in [3.63, 3.8) is 0 Å². The Labute approximate surface area is 145 Å². The van der Waals surface area contributed by atoms with Crippen LogP contribution < -0.4 is 11.3 Å². The van der Waals surface area contributed by atoms with Crippen LogP contribution in [0.2, 0.25) is 0 Å². The van der Waals surface area contributed by atoms with Crippen molar-refractivity contribution in [3.8, 4) is 0 Å². The molecule has 1 saturated heterocycles. The van der Waals surface area contributed by atoms with Crippen molar-refractivity contribution >= 4 is 17.1 Å². The average molecular weight is 351 g/mol. The third kappa shape index (κ3) is 3.83. The fourth-order valence-electron chi connectivity index (χ4n) is 2.96. The number of aromatic nitrogens is 4. The van der Waals surface area contributed by atoms with Crippen molar-refractivity contribution in [2.75, 3.05) is 12.3 Å². The van der Waals surface area contributed by atoms with E-state index in [2.05, 4.69) is 15.0 Å². The molecule has 1 fully saturated rings. The lowest BCUT2D eigenvalue weighted by atomic mass is 10.2. The summed E-state index contributed by atoms with van der Waals surface area (Å²) in [5, 5.41) is 0. The summed E-state index contributed by atoms with van der Waals surface area (Å²) in [6, 6.07) is 0. The van der Waals surface area contributed by atoms with Gasteiger partial charge in [0.15, 0.2) is 11.2 Å². The molecule has 138 valence electrons. The monoisotopic (exact) mass is 351 g/mol. The van der Waals surface area contributed by atoms with E-state index in [1.807, 2.05) is 27.7 Å². The first-order valence-corrected chi connectivity index (χ1v) is 8.50. The Balaban J connectivity index is 1.86. The van der Waals surface area contributed by atoms with Gasteiger partial charge in [0.05, 0.1) is 31.2 Å². The zero-order valence-corrected chi connectivity index (χ0v) is 14.9. The van der Waals surface area contributed by atoms with Gasteiger partial charge in [0, 0.05) is 6.42 Å². The highest BCUT2D eigenvalue weighted by Gasteiger charge is 2.38. The summed E-state index contributed by atoms with van der Waals surface area (Å²) in [6.07, 6.45) is 1.69. The number of imidazole rings is 1. The van der Waals surface area contributed by atoms with Gasteiger partial charge in [-0.2, -0.15) is 4.98 Å². The first-order valence-electron chi connectivity index (χ1n) is 8.50. The molecular weight excluding hydrogens is 326 g/mol. The Bertz CT molecular complexity index is 784. The number of anilines is 1. The average Bonchev–Trinajstić information content (AvgIpc) is 3.08. The minimum absolute atomic E-state index is 0.0481. The van der Waals surface area contributed by atoms with Crippen molar-refractivity contribution in [3.05, 3.63) is 16.7 Å². The van der Waals surface area contributed by atoms with E-state index in [9.17, 15) is 4.79 Å². The number of hydrogen-bond donors (Lipinski definition) is 2. The van der Waals surface area contributed by atoms with E-state index >= 15 is 0 Å². The van der Waals surface area contributed by atoms with Crippen LogP contribution in [0.1, 0.15) is 40.3 Å². The third-order valence-electron chi connectivity index (χ3n) is 3.98. The predicted molar refractivity (Wildman–Crippen MR) is 92.2 cm³/mol. The van der Waals surface area contributed by atoms with Gasteiger partial charge in [-0.05, 0) is 27.7 Å². The molecule has 0 amide bonds. The Morgan fingerprint density at radius 2 is 2.16 bits per heavy atom. The molecule has 0 bridgehead atoms. The lowest BCUT2D eigenvalue weighted by molar-refractivity contribution is -0.0952. The van der Waals surface area contributed by atoms with Crippen LogP contribution >= 0.6 is 0 Å². The topological polar surface area (TPSA) is 117 Å². The second kappa shape index (κ2) is 7.11. The van der Waals surface area contributed by atoms with Gasteiger partial charge < -0.3 is 19.9 Å². The number of fused-ring (bicyclic) bond motifs is 1. The number of H-pyrrole nitrogens is 1. The normalized spacial score (nSPS) is 24.0. The molecule has 0 radical (unpaired) electrons. The molecule has 3 heterocycles. The van der Waals surface area contributed by atoms with Crippen LogP contribution in [-0.2, 0) is 14.2 Å². The maximum atomic E-state index is 11.9. The third-order valence-corrected chi connectivity index (χ3v) is 3.98. The van der Waals surface area contributed by atoms with Gasteiger partial charge in [0.25, 0.3) is 5.56 Å². The van der Waals surface area contributed by atoms with Crippen molar-refractivity contribution in [1.82, 2.24) is 19.5 Å². The predicted octanol–water partition coefficient (Wildman–Crippen LogP) is 1.21. The first kappa shape index (κ1) is 17.8. The number of nitrogens with two attached hydrogens (primary N) is 1. The molecule has 1 aliphatic rings. The molecule has 2 aromatic rings. The minimum Gasteiger partial charge on any atom is -0.376 e. The van der Waals surface area contributed by atoms with Crippen LogP contribution in [0.3, 0.4) is 0 Å². The molecule has 2 aromatic heterocycles. The fourth-order valence-corrected chi connectivity index (χ4v) is 2.96. The van der Waals surface area contributed by atoms with Crippen LogP contribution in [0, 0.1) is 0 Å². The Morgan fingerprint density at radius 3 is 2.84 bits per heavy atom. The van der Waals surface area contributed by atoms with Crippen molar-refractivity contribution in [2.45, 2.75) is 64.8 Å². The number of nitrogens with one attached hydrogen (secondary N) is 1. The summed E-state index contributed by atoms with van der Waals surface area (Å²) in [5.41, 5.74) is 5.93. The molecule has 0 aliphatic carbocycles. The van der Waals surface area contributed by atoms with Crippen molar-refractivity contribution < 1.29 is 14.2 Å². The SMILES string of the molecule is CC(C)OC[C@H]1O[C@H](n2cnc3c(=O)[nH]c(N)nc32)C[C@@H]1OC(C)C. The number of ether oxygens (including phenoxy) is 3. The van der Waals surface area contributed by atoms with Crippen LogP contribution in [0.4, 0.5) is 5.95 Å². The highest BCUT2D eigenvalue weighted by Crippen LogP contribution is 2.33. The van der Waals surface area contributed by atoms with Crippen LogP contribution in [-0.4, -0.2) is 50.5 Å². The van der Waals surface area contributed by atoms with Crippen LogP contribution in [0.5, 0.6) is 0 Å². The highest BCUT2D eigenvalue weighted by molar-refractivity contribution is 5.70. The van der Waals surface area contributed by atoms with E-state index in [-0.39, 0.29) is 47.7 Å². The molecule has 9 heteroatoms. The summed E-state index contributed by atoms with van der Waals surface area (Å²) < 4.78 is 19.6. The number of nitrogens with zero attached hydrogens (tertiary/aromatic N) is 3. The molecular formula is C16H25N5O4. The number of rotatable bonds is 6. The van der Waals surface area contributed by atoms with Crippen LogP contribution in [0.25, 0.3) is 11.2 Å². The minimum atomic E-state index is -0.367. The molecule has 9 nitrogen and oxygen atoms in total. The largest absolute Gasteiger partial charge is 0.376 e. The second-order valence-corrected chi connectivity index (χ2v) is 6.75. The smallest absolute Gasteiger partial charge is 0.280 e. The van der Waals surface area contributed by atoms with E-state index in [0.29, 0.717) is 18.7 Å². The molecule has 3 rings (SSSR count). The Kier molecular flexibility index (Phi) is 5.07. The summed E-state index contributed by atoms with van der Waals surface area (Å²) in [7, 11) is 0. The molecule has 0 saturated carbocycles. The van der Waals surface area contributed by atoms with E-state index < -0.39 is 0 Å². The molecule has 0 spiro atoms. The molecule has 0 aromatic carbocycles. The summed E-state index contributed by atoms with van der Waals surface area (Å²) >= 11 is 0. The van der Waals surface area contributed by atoms with Gasteiger partial charge >= 0.3 is 0 Å². The number of nitrogen functional groups attached to an aromatic ring is 1.